The minimum absolute atomic E-state index is 0.308. The zero-order chi connectivity index (χ0) is 18.2. The van der Waals surface area contributed by atoms with Gasteiger partial charge in [-0.2, -0.15) is 0 Å². The second-order valence-electron chi connectivity index (χ2n) is 6.53. The number of ether oxygens (including phenoxy) is 2. The van der Waals surface area contributed by atoms with Gasteiger partial charge in [-0.05, 0) is 62.1 Å². The monoisotopic (exact) mass is 361 g/mol. The van der Waals surface area contributed by atoms with E-state index in [1.165, 1.54) is 0 Å². The van der Waals surface area contributed by atoms with E-state index in [-0.39, 0.29) is 6.04 Å². The predicted octanol–water partition coefficient (Wildman–Crippen LogP) is 2.90. The molecule has 1 N–H and O–H groups in total. The van der Waals surface area contributed by atoms with Crippen LogP contribution in [-0.4, -0.2) is 28.2 Å². The van der Waals surface area contributed by atoms with Crippen molar-refractivity contribution in [2.24, 2.45) is 0 Å². The number of hydrogen-bond donors (Lipinski definition) is 1. The Kier molecular flexibility index (Phi) is 4.75. The van der Waals surface area contributed by atoms with Gasteiger partial charge in [0.2, 0.25) is 10.0 Å². The standard InChI is InChI=1S/C19H23NO4S/c1-12-7-13(2)19(14(3)8-12)25(21,22)20-16-9-15-10-17(23-4)5-6-18(15)24-11-16/h5-8,10,16,20H,9,11H2,1-4H3. The molecular weight excluding hydrogens is 338 g/mol. The number of sulfonamides is 1. The van der Waals surface area contributed by atoms with E-state index >= 15 is 0 Å². The lowest BCUT2D eigenvalue weighted by Gasteiger charge is -2.27. The Morgan fingerprint density at radius 1 is 1.12 bits per heavy atom. The molecule has 1 unspecified atom stereocenters. The summed E-state index contributed by atoms with van der Waals surface area (Å²) < 4.78 is 39.5. The van der Waals surface area contributed by atoms with Gasteiger partial charge in [-0.1, -0.05) is 17.7 Å². The third-order valence-electron chi connectivity index (χ3n) is 4.37. The summed E-state index contributed by atoms with van der Waals surface area (Å²) in [5, 5.41) is 0. The normalized spacial score (nSPS) is 16.9. The molecule has 0 radical (unpaired) electrons. The molecule has 1 aliphatic heterocycles. The van der Waals surface area contributed by atoms with Crippen LogP contribution in [0.4, 0.5) is 0 Å². The fourth-order valence-corrected chi connectivity index (χ4v) is 5.12. The molecule has 0 bridgehead atoms. The molecule has 0 saturated heterocycles. The van der Waals surface area contributed by atoms with Gasteiger partial charge in [0.1, 0.15) is 18.1 Å². The van der Waals surface area contributed by atoms with Crippen molar-refractivity contribution in [2.45, 2.75) is 38.1 Å². The first-order chi connectivity index (χ1) is 11.8. The molecule has 2 aromatic carbocycles. The van der Waals surface area contributed by atoms with Crippen molar-refractivity contribution in [1.29, 1.82) is 0 Å². The predicted molar refractivity (Wildman–Crippen MR) is 97.0 cm³/mol. The van der Waals surface area contributed by atoms with E-state index in [9.17, 15) is 8.42 Å². The van der Waals surface area contributed by atoms with Gasteiger partial charge in [0.15, 0.2) is 0 Å². The SMILES string of the molecule is COc1ccc2c(c1)CC(NS(=O)(=O)c1c(C)cc(C)cc1C)CO2. The number of rotatable bonds is 4. The highest BCUT2D eigenvalue weighted by Gasteiger charge is 2.27. The van der Waals surface area contributed by atoms with E-state index in [1.807, 2.05) is 51.1 Å². The van der Waals surface area contributed by atoms with Crippen molar-refractivity contribution >= 4 is 10.0 Å². The van der Waals surface area contributed by atoms with Crippen LogP contribution in [0.25, 0.3) is 0 Å². The lowest BCUT2D eigenvalue weighted by atomic mass is 10.0. The van der Waals surface area contributed by atoms with Crippen LogP contribution in [0.3, 0.4) is 0 Å². The Morgan fingerprint density at radius 3 is 2.44 bits per heavy atom. The largest absolute Gasteiger partial charge is 0.497 e. The highest BCUT2D eigenvalue weighted by Crippen LogP contribution is 2.29. The third kappa shape index (κ3) is 3.65. The number of fused-ring (bicyclic) bond motifs is 1. The van der Waals surface area contributed by atoms with Crippen LogP contribution in [0.2, 0.25) is 0 Å². The van der Waals surface area contributed by atoms with Gasteiger partial charge in [-0.3, -0.25) is 0 Å². The summed E-state index contributed by atoms with van der Waals surface area (Å²) in [6.45, 7) is 5.92. The molecule has 0 spiro atoms. The molecule has 1 atom stereocenters. The number of hydrogen-bond acceptors (Lipinski definition) is 4. The number of nitrogens with one attached hydrogen (secondary N) is 1. The third-order valence-corrected chi connectivity index (χ3v) is 6.19. The minimum atomic E-state index is -3.62. The number of methoxy groups -OCH3 is 1. The summed E-state index contributed by atoms with van der Waals surface area (Å²) in [7, 11) is -2.01. The molecule has 0 fully saturated rings. The molecule has 1 heterocycles. The van der Waals surface area contributed by atoms with E-state index in [0.717, 1.165) is 33.8 Å². The Hall–Kier alpha value is -2.05. The van der Waals surface area contributed by atoms with Gasteiger partial charge in [0.05, 0.1) is 18.0 Å². The lowest BCUT2D eigenvalue weighted by molar-refractivity contribution is 0.253. The number of aryl methyl sites for hydroxylation is 3. The maximum Gasteiger partial charge on any atom is 0.241 e. The van der Waals surface area contributed by atoms with Crippen LogP contribution in [0.1, 0.15) is 22.3 Å². The van der Waals surface area contributed by atoms with Gasteiger partial charge in [-0.15, -0.1) is 0 Å². The Labute approximate surface area is 149 Å². The molecule has 0 aliphatic carbocycles. The lowest BCUT2D eigenvalue weighted by Crippen LogP contribution is -2.43. The van der Waals surface area contributed by atoms with Gasteiger partial charge in [0.25, 0.3) is 0 Å². The molecule has 5 nitrogen and oxygen atoms in total. The molecular formula is C19H23NO4S. The van der Waals surface area contributed by atoms with Gasteiger partial charge in [-0.25, -0.2) is 13.1 Å². The van der Waals surface area contributed by atoms with E-state index in [0.29, 0.717) is 17.9 Å². The Balaban J connectivity index is 1.85. The summed E-state index contributed by atoms with van der Waals surface area (Å²) in [5.74, 6) is 1.51. The smallest absolute Gasteiger partial charge is 0.241 e. The molecule has 0 aromatic heterocycles. The Bertz CT molecular complexity index is 883. The molecule has 6 heteroatoms. The summed E-state index contributed by atoms with van der Waals surface area (Å²) in [4.78, 5) is 0.356. The fourth-order valence-electron chi connectivity index (χ4n) is 3.44. The first kappa shape index (κ1) is 17.8. The fraction of sp³-hybridized carbons (Fsp3) is 0.368. The van der Waals surface area contributed by atoms with Crippen LogP contribution >= 0.6 is 0 Å². The van der Waals surface area contributed by atoms with Crippen LogP contribution in [0, 0.1) is 20.8 Å². The zero-order valence-electron chi connectivity index (χ0n) is 14.9. The number of benzene rings is 2. The molecule has 0 saturated carbocycles. The van der Waals surface area contributed by atoms with Crippen molar-refractivity contribution in [3.05, 3.63) is 52.6 Å². The second kappa shape index (κ2) is 6.69. The quantitative estimate of drug-likeness (QED) is 0.909. The van der Waals surface area contributed by atoms with Crippen molar-refractivity contribution in [1.82, 2.24) is 4.72 Å². The van der Waals surface area contributed by atoms with E-state index in [1.54, 1.807) is 7.11 Å². The summed E-state index contributed by atoms with van der Waals surface area (Å²) in [5.41, 5.74) is 3.50. The summed E-state index contributed by atoms with van der Waals surface area (Å²) >= 11 is 0. The zero-order valence-corrected chi connectivity index (χ0v) is 15.7. The van der Waals surface area contributed by atoms with Gasteiger partial charge >= 0.3 is 0 Å². The van der Waals surface area contributed by atoms with E-state index in [2.05, 4.69) is 4.72 Å². The molecule has 2 aromatic rings. The first-order valence-corrected chi connectivity index (χ1v) is 9.68. The average Bonchev–Trinajstić information content (AvgIpc) is 2.52. The maximum absolute atomic E-state index is 12.9. The van der Waals surface area contributed by atoms with Gasteiger partial charge in [0, 0.05) is 0 Å². The maximum atomic E-state index is 12.9. The summed E-state index contributed by atoms with van der Waals surface area (Å²) in [6.07, 6.45) is 0.565. The van der Waals surface area contributed by atoms with Crippen molar-refractivity contribution in [3.63, 3.8) is 0 Å². The first-order valence-electron chi connectivity index (χ1n) is 8.20. The molecule has 1 aliphatic rings. The topological polar surface area (TPSA) is 64.6 Å². The molecule has 3 rings (SSSR count). The molecule has 134 valence electrons. The van der Waals surface area contributed by atoms with Crippen molar-refractivity contribution in [2.75, 3.05) is 13.7 Å². The molecule has 0 amide bonds. The van der Waals surface area contributed by atoms with Crippen molar-refractivity contribution < 1.29 is 17.9 Å². The molecule has 25 heavy (non-hydrogen) atoms. The highest BCUT2D eigenvalue weighted by atomic mass is 32.2. The van der Waals surface area contributed by atoms with Crippen LogP contribution < -0.4 is 14.2 Å². The van der Waals surface area contributed by atoms with E-state index in [4.69, 9.17) is 9.47 Å². The minimum Gasteiger partial charge on any atom is -0.497 e. The van der Waals surface area contributed by atoms with Gasteiger partial charge < -0.3 is 9.47 Å². The van der Waals surface area contributed by atoms with E-state index < -0.39 is 10.0 Å². The van der Waals surface area contributed by atoms with Crippen molar-refractivity contribution in [3.8, 4) is 11.5 Å². The average molecular weight is 361 g/mol. The van der Waals surface area contributed by atoms with Crippen LogP contribution in [0.15, 0.2) is 35.2 Å². The summed E-state index contributed by atoms with van der Waals surface area (Å²) in [6, 6.07) is 9.04. The highest BCUT2D eigenvalue weighted by molar-refractivity contribution is 7.89. The van der Waals surface area contributed by atoms with Crippen LogP contribution in [0.5, 0.6) is 11.5 Å². The van der Waals surface area contributed by atoms with Crippen LogP contribution in [-0.2, 0) is 16.4 Å². The second-order valence-corrected chi connectivity index (χ2v) is 8.19. The Morgan fingerprint density at radius 2 is 1.80 bits per heavy atom.